The summed E-state index contributed by atoms with van der Waals surface area (Å²) in [4.78, 5) is 18.7. The zero-order valence-electron chi connectivity index (χ0n) is 13.6. The lowest BCUT2D eigenvalue weighted by Gasteiger charge is -2.11. The van der Waals surface area contributed by atoms with E-state index in [0.717, 1.165) is 19.5 Å². The van der Waals surface area contributed by atoms with Crippen LogP contribution in [0.5, 0.6) is 0 Å². The second-order valence-electron chi connectivity index (χ2n) is 5.59. The predicted molar refractivity (Wildman–Crippen MR) is 100 cm³/mol. The Balaban J connectivity index is 1.98. The van der Waals surface area contributed by atoms with E-state index < -0.39 is 0 Å². The van der Waals surface area contributed by atoms with Crippen molar-refractivity contribution < 1.29 is 4.79 Å². The quantitative estimate of drug-likeness (QED) is 0.727. The molecule has 0 saturated carbocycles. The summed E-state index contributed by atoms with van der Waals surface area (Å²) in [5.41, 5.74) is 1.02. The molecule has 5 nitrogen and oxygen atoms in total. The maximum atomic E-state index is 12.4. The molecule has 0 unspecified atom stereocenters. The van der Waals surface area contributed by atoms with Gasteiger partial charge in [-0.1, -0.05) is 23.2 Å². The number of hydrogen-bond donors (Lipinski definition) is 2. The predicted octanol–water partition coefficient (Wildman–Crippen LogP) is 4.00. The van der Waals surface area contributed by atoms with Gasteiger partial charge >= 0.3 is 0 Å². The molecule has 0 atom stereocenters. The number of hydrogen-bond acceptors (Lipinski definition) is 4. The van der Waals surface area contributed by atoms with E-state index in [1.165, 1.54) is 0 Å². The van der Waals surface area contributed by atoms with Gasteiger partial charge in [-0.15, -0.1) is 0 Å². The molecule has 0 fully saturated rings. The molecule has 2 N–H and O–H groups in total. The fourth-order valence-corrected chi connectivity index (χ4v) is 2.52. The van der Waals surface area contributed by atoms with Crippen LogP contribution in [0.25, 0.3) is 0 Å². The number of rotatable bonds is 7. The van der Waals surface area contributed by atoms with Gasteiger partial charge in [0.05, 0.1) is 10.7 Å². The van der Waals surface area contributed by atoms with Crippen molar-refractivity contribution in [3.63, 3.8) is 0 Å². The van der Waals surface area contributed by atoms with Crippen molar-refractivity contribution >= 4 is 40.6 Å². The Hall–Kier alpha value is -1.82. The molecule has 0 spiro atoms. The molecule has 2 rings (SSSR count). The van der Waals surface area contributed by atoms with Crippen molar-refractivity contribution in [3.8, 4) is 0 Å². The SMILES string of the molecule is CN(C)CCCNc1cc(C(=O)Nc2ccc(Cl)cc2Cl)ccn1. The van der Waals surface area contributed by atoms with E-state index >= 15 is 0 Å². The van der Waals surface area contributed by atoms with Crippen LogP contribution in [0, 0.1) is 0 Å². The first-order valence-corrected chi connectivity index (χ1v) is 8.32. The molecule has 0 aliphatic rings. The summed E-state index contributed by atoms with van der Waals surface area (Å²) in [5, 5.41) is 6.90. The number of aromatic nitrogens is 1. The minimum atomic E-state index is -0.252. The van der Waals surface area contributed by atoms with Crippen molar-refractivity contribution in [1.82, 2.24) is 9.88 Å². The molecule has 24 heavy (non-hydrogen) atoms. The molecule has 1 heterocycles. The third kappa shape index (κ3) is 5.67. The Labute approximate surface area is 152 Å². The molecule has 1 amide bonds. The first-order chi connectivity index (χ1) is 11.5. The monoisotopic (exact) mass is 366 g/mol. The number of nitrogens with one attached hydrogen (secondary N) is 2. The van der Waals surface area contributed by atoms with Crippen LogP contribution in [-0.4, -0.2) is 43.0 Å². The second-order valence-corrected chi connectivity index (χ2v) is 6.44. The molecule has 0 saturated heterocycles. The van der Waals surface area contributed by atoms with Gasteiger partial charge < -0.3 is 15.5 Å². The van der Waals surface area contributed by atoms with E-state index in [1.54, 1.807) is 36.5 Å². The average molecular weight is 367 g/mol. The summed E-state index contributed by atoms with van der Waals surface area (Å²) < 4.78 is 0. The average Bonchev–Trinajstić information content (AvgIpc) is 2.54. The molecule has 0 bridgehead atoms. The number of halogens is 2. The highest BCUT2D eigenvalue weighted by Crippen LogP contribution is 2.25. The van der Waals surface area contributed by atoms with E-state index in [-0.39, 0.29) is 5.91 Å². The van der Waals surface area contributed by atoms with Gasteiger partial charge in [-0.25, -0.2) is 4.98 Å². The topological polar surface area (TPSA) is 57.3 Å². The third-order valence-electron chi connectivity index (χ3n) is 3.29. The molecule has 2 aromatic rings. The number of pyridine rings is 1. The lowest BCUT2D eigenvalue weighted by molar-refractivity contribution is 0.102. The first-order valence-electron chi connectivity index (χ1n) is 7.57. The van der Waals surface area contributed by atoms with Gasteiger partial charge in [-0.3, -0.25) is 4.79 Å². The highest BCUT2D eigenvalue weighted by molar-refractivity contribution is 6.36. The van der Waals surface area contributed by atoms with Gasteiger partial charge in [-0.05, 0) is 57.4 Å². The third-order valence-corrected chi connectivity index (χ3v) is 3.84. The van der Waals surface area contributed by atoms with Crippen LogP contribution in [-0.2, 0) is 0 Å². The Morgan fingerprint density at radius 1 is 1.21 bits per heavy atom. The fraction of sp³-hybridized carbons (Fsp3) is 0.294. The van der Waals surface area contributed by atoms with Crippen LogP contribution >= 0.6 is 23.2 Å². The smallest absolute Gasteiger partial charge is 0.255 e. The van der Waals surface area contributed by atoms with Crippen LogP contribution in [0.1, 0.15) is 16.8 Å². The summed E-state index contributed by atoms with van der Waals surface area (Å²) in [5.74, 6) is 0.418. The molecule has 1 aromatic heterocycles. The van der Waals surface area contributed by atoms with E-state index in [2.05, 4.69) is 20.5 Å². The molecule has 128 valence electrons. The van der Waals surface area contributed by atoms with Crippen molar-refractivity contribution in [1.29, 1.82) is 0 Å². The molecular formula is C17H20Cl2N4O. The highest BCUT2D eigenvalue weighted by atomic mass is 35.5. The summed E-state index contributed by atoms with van der Waals surface area (Å²) in [7, 11) is 4.07. The number of benzene rings is 1. The van der Waals surface area contributed by atoms with Crippen LogP contribution in [0.3, 0.4) is 0 Å². The summed E-state index contributed by atoms with van der Waals surface area (Å²) in [6.07, 6.45) is 2.60. The fourth-order valence-electron chi connectivity index (χ4n) is 2.07. The molecule has 0 aliphatic carbocycles. The Kier molecular flexibility index (Phi) is 6.85. The molecule has 7 heteroatoms. The van der Waals surface area contributed by atoms with Gasteiger partial charge in [-0.2, -0.15) is 0 Å². The Morgan fingerprint density at radius 2 is 2.00 bits per heavy atom. The maximum absolute atomic E-state index is 12.4. The van der Waals surface area contributed by atoms with Gasteiger partial charge in [0.1, 0.15) is 5.82 Å². The van der Waals surface area contributed by atoms with Gasteiger partial charge in [0, 0.05) is 23.3 Å². The van der Waals surface area contributed by atoms with E-state index in [9.17, 15) is 4.79 Å². The Bertz CT molecular complexity index is 707. The van der Waals surface area contributed by atoms with E-state index in [1.807, 2.05) is 14.1 Å². The highest BCUT2D eigenvalue weighted by Gasteiger charge is 2.10. The van der Waals surface area contributed by atoms with Crippen LogP contribution in [0.15, 0.2) is 36.5 Å². The second kappa shape index (κ2) is 8.87. The number of carbonyl (C=O) groups excluding carboxylic acids is 1. The minimum Gasteiger partial charge on any atom is -0.370 e. The first kappa shape index (κ1) is 18.5. The zero-order valence-corrected chi connectivity index (χ0v) is 15.2. The minimum absolute atomic E-state index is 0.252. The molecular weight excluding hydrogens is 347 g/mol. The zero-order chi connectivity index (χ0) is 17.5. The van der Waals surface area contributed by atoms with Gasteiger partial charge in [0.15, 0.2) is 0 Å². The maximum Gasteiger partial charge on any atom is 0.255 e. The molecule has 0 aliphatic heterocycles. The van der Waals surface area contributed by atoms with E-state index in [0.29, 0.717) is 27.1 Å². The summed E-state index contributed by atoms with van der Waals surface area (Å²) in [6.45, 7) is 1.78. The molecule has 1 aromatic carbocycles. The van der Waals surface area contributed by atoms with Crippen LogP contribution < -0.4 is 10.6 Å². The van der Waals surface area contributed by atoms with Crippen molar-refractivity contribution in [2.45, 2.75) is 6.42 Å². The lowest BCUT2D eigenvalue weighted by Crippen LogP contribution is -2.17. The van der Waals surface area contributed by atoms with Crippen LogP contribution in [0.4, 0.5) is 11.5 Å². The Morgan fingerprint density at radius 3 is 2.71 bits per heavy atom. The number of nitrogens with zero attached hydrogens (tertiary/aromatic N) is 2. The summed E-state index contributed by atoms with van der Waals surface area (Å²) in [6, 6.07) is 8.31. The number of amides is 1. The van der Waals surface area contributed by atoms with Gasteiger partial charge in [0.2, 0.25) is 0 Å². The standard InChI is InChI=1S/C17H20Cl2N4O/c1-23(2)9-3-7-20-16-10-12(6-8-21-16)17(24)22-15-5-4-13(18)11-14(15)19/h4-6,8,10-11H,3,7,9H2,1-2H3,(H,20,21)(H,22,24). The lowest BCUT2D eigenvalue weighted by atomic mass is 10.2. The number of carbonyl (C=O) groups is 1. The van der Waals surface area contributed by atoms with E-state index in [4.69, 9.17) is 23.2 Å². The van der Waals surface area contributed by atoms with Crippen molar-refractivity contribution in [2.75, 3.05) is 37.8 Å². The van der Waals surface area contributed by atoms with Crippen molar-refractivity contribution in [2.24, 2.45) is 0 Å². The normalized spacial score (nSPS) is 10.7. The number of anilines is 2. The largest absolute Gasteiger partial charge is 0.370 e. The van der Waals surface area contributed by atoms with Crippen molar-refractivity contribution in [3.05, 3.63) is 52.1 Å². The summed E-state index contributed by atoms with van der Waals surface area (Å²) >= 11 is 11.9. The van der Waals surface area contributed by atoms with Crippen LogP contribution in [0.2, 0.25) is 10.0 Å². The molecule has 0 radical (unpaired) electrons. The van der Waals surface area contributed by atoms with Gasteiger partial charge in [0.25, 0.3) is 5.91 Å².